The molecule has 1 aliphatic heterocycles. The number of rotatable bonds is 3. The number of aromatic nitrogens is 3. The lowest BCUT2D eigenvalue weighted by Crippen LogP contribution is -2.28. The number of nitrogens with zero attached hydrogens (tertiary/aromatic N) is 4. The molecular weight excluding hydrogens is 336 g/mol. The van der Waals surface area contributed by atoms with Crippen molar-refractivity contribution in [2.75, 3.05) is 13.1 Å². The van der Waals surface area contributed by atoms with Crippen LogP contribution >= 0.6 is 11.6 Å². The fraction of sp³-hybridized carbons (Fsp3) is 0.316. The van der Waals surface area contributed by atoms with Crippen LogP contribution in [-0.2, 0) is 6.54 Å². The van der Waals surface area contributed by atoms with E-state index in [1.165, 1.54) is 0 Å². The number of halogens is 1. The van der Waals surface area contributed by atoms with E-state index in [0.29, 0.717) is 17.1 Å². The molecule has 1 aliphatic rings. The summed E-state index contributed by atoms with van der Waals surface area (Å²) < 4.78 is 2.16. The van der Waals surface area contributed by atoms with Crippen molar-refractivity contribution >= 4 is 28.7 Å². The standard InChI is InChI=1S/C19H19ClN4O/c1-2-24-17(22-16-7-4-9-21-18(16)24)14-8-10-23(12-14)19(25)13-5-3-6-15(20)11-13/h3-7,9,11,14H,2,8,10,12H2,1H3/t14-/m1/s1. The van der Waals surface area contributed by atoms with E-state index in [9.17, 15) is 4.79 Å². The number of imidazole rings is 1. The van der Waals surface area contributed by atoms with Crippen molar-refractivity contribution in [2.45, 2.75) is 25.8 Å². The Labute approximate surface area is 151 Å². The molecule has 6 heteroatoms. The molecule has 2 aromatic heterocycles. The zero-order valence-electron chi connectivity index (χ0n) is 14.0. The van der Waals surface area contributed by atoms with Crippen LogP contribution in [0.15, 0.2) is 42.6 Å². The molecule has 1 saturated heterocycles. The van der Waals surface area contributed by atoms with Gasteiger partial charge in [-0.05, 0) is 43.7 Å². The molecule has 3 heterocycles. The Balaban J connectivity index is 1.59. The van der Waals surface area contributed by atoms with Crippen LogP contribution in [0.3, 0.4) is 0 Å². The third-order valence-corrected chi connectivity index (χ3v) is 5.00. The van der Waals surface area contributed by atoms with Crippen molar-refractivity contribution in [1.82, 2.24) is 19.4 Å². The maximum atomic E-state index is 12.7. The topological polar surface area (TPSA) is 51.0 Å². The highest BCUT2D eigenvalue weighted by Crippen LogP contribution is 2.30. The minimum atomic E-state index is 0.0299. The molecular formula is C19H19ClN4O. The lowest BCUT2D eigenvalue weighted by atomic mass is 10.1. The third-order valence-electron chi connectivity index (χ3n) is 4.76. The van der Waals surface area contributed by atoms with Crippen molar-refractivity contribution in [1.29, 1.82) is 0 Å². The van der Waals surface area contributed by atoms with Crippen LogP contribution in [0.2, 0.25) is 5.02 Å². The molecule has 5 nitrogen and oxygen atoms in total. The Morgan fingerprint density at radius 2 is 2.20 bits per heavy atom. The molecule has 4 rings (SSSR count). The maximum Gasteiger partial charge on any atom is 0.253 e. The quantitative estimate of drug-likeness (QED) is 0.720. The summed E-state index contributed by atoms with van der Waals surface area (Å²) in [5.41, 5.74) is 2.47. The predicted octanol–water partition coefficient (Wildman–Crippen LogP) is 3.73. The molecule has 0 saturated carbocycles. The number of benzene rings is 1. The van der Waals surface area contributed by atoms with Gasteiger partial charge in [-0.3, -0.25) is 4.79 Å². The second kappa shape index (κ2) is 6.48. The number of aryl methyl sites for hydroxylation is 1. The van der Waals surface area contributed by atoms with Gasteiger partial charge in [0.15, 0.2) is 5.65 Å². The number of amides is 1. The van der Waals surface area contributed by atoms with E-state index < -0.39 is 0 Å². The van der Waals surface area contributed by atoms with Crippen molar-refractivity contribution in [3.05, 3.63) is 59.0 Å². The zero-order valence-corrected chi connectivity index (χ0v) is 14.8. The first-order valence-corrected chi connectivity index (χ1v) is 8.91. The van der Waals surface area contributed by atoms with E-state index in [2.05, 4.69) is 16.5 Å². The van der Waals surface area contributed by atoms with Gasteiger partial charge in [0.2, 0.25) is 0 Å². The normalized spacial score (nSPS) is 17.4. The molecule has 1 amide bonds. The predicted molar refractivity (Wildman–Crippen MR) is 97.9 cm³/mol. The van der Waals surface area contributed by atoms with Crippen LogP contribution < -0.4 is 0 Å². The summed E-state index contributed by atoms with van der Waals surface area (Å²) in [6.45, 7) is 4.33. The fourth-order valence-corrected chi connectivity index (χ4v) is 3.75. The Hall–Kier alpha value is -2.40. The lowest BCUT2D eigenvalue weighted by molar-refractivity contribution is 0.0790. The van der Waals surface area contributed by atoms with Gasteiger partial charge in [-0.15, -0.1) is 0 Å². The first-order chi connectivity index (χ1) is 12.2. The minimum Gasteiger partial charge on any atom is -0.338 e. The highest BCUT2D eigenvalue weighted by atomic mass is 35.5. The van der Waals surface area contributed by atoms with Crippen molar-refractivity contribution in [3.63, 3.8) is 0 Å². The number of hydrogen-bond acceptors (Lipinski definition) is 3. The van der Waals surface area contributed by atoms with E-state index in [1.807, 2.05) is 29.2 Å². The van der Waals surface area contributed by atoms with Crippen LogP contribution in [0.5, 0.6) is 0 Å². The highest BCUT2D eigenvalue weighted by molar-refractivity contribution is 6.30. The molecule has 1 atom stereocenters. The maximum absolute atomic E-state index is 12.7. The van der Waals surface area contributed by atoms with Crippen molar-refractivity contribution in [2.24, 2.45) is 0 Å². The molecule has 1 aromatic carbocycles. The third kappa shape index (κ3) is 2.89. The monoisotopic (exact) mass is 354 g/mol. The van der Waals surface area contributed by atoms with Gasteiger partial charge < -0.3 is 9.47 Å². The Morgan fingerprint density at radius 3 is 3.00 bits per heavy atom. The molecule has 0 unspecified atom stereocenters. The van der Waals surface area contributed by atoms with Crippen molar-refractivity contribution < 1.29 is 4.79 Å². The molecule has 0 radical (unpaired) electrons. The Morgan fingerprint density at radius 1 is 1.32 bits per heavy atom. The van der Waals surface area contributed by atoms with E-state index in [4.69, 9.17) is 16.6 Å². The molecule has 25 heavy (non-hydrogen) atoms. The highest BCUT2D eigenvalue weighted by Gasteiger charge is 2.31. The van der Waals surface area contributed by atoms with Gasteiger partial charge in [0.1, 0.15) is 11.3 Å². The van der Waals surface area contributed by atoms with Crippen LogP contribution in [-0.4, -0.2) is 38.4 Å². The number of fused-ring (bicyclic) bond motifs is 1. The summed E-state index contributed by atoms with van der Waals surface area (Å²) in [5.74, 6) is 1.29. The SMILES string of the molecule is CCn1c([C@@H]2CCN(C(=O)c3cccc(Cl)c3)C2)nc2cccnc21. The van der Waals surface area contributed by atoms with Gasteiger partial charge in [0, 0.05) is 42.3 Å². The van der Waals surface area contributed by atoms with Gasteiger partial charge in [-0.2, -0.15) is 0 Å². The first kappa shape index (κ1) is 16.1. The van der Waals surface area contributed by atoms with E-state index in [-0.39, 0.29) is 11.8 Å². The Kier molecular flexibility index (Phi) is 4.17. The van der Waals surface area contributed by atoms with Crippen LogP contribution in [0.4, 0.5) is 0 Å². The number of hydrogen-bond donors (Lipinski definition) is 0. The number of carbonyl (C=O) groups excluding carboxylic acids is 1. The lowest BCUT2D eigenvalue weighted by Gasteiger charge is -2.17. The van der Waals surface area contributed by atoms with Crippen molar-refractivity contribution in [3.8, 4) is 0 Å². The van der Waals surface area contributed by atoms with Gasteiger partial charge in [-0.1, -0.05) is 17.7 Å². The largest absolute Gasteiger partial charge is 0.338 e. The number of pyridine rings is 1. The minimum absolute atomic E-state index is 0.0299. The van der Waals surface area contributed by atoms with E-state index in [1.54, 1.807) is 18.3 Å². The molecule has 0 N–H and O–H groups in total. The van der Waals surface area contributed by atoms with Gasteiger partial charge >= 0.3 is 0 Å². The Bertz CT molecular complexity index is 936. The van der Waals surface area contributed by atoms with Gasteiger partial charge in [-0.25, -0.2) is 9.97 Å². The second-order valence-corrected chi connectivity index (χ2v) is 6.74. The van der Waals surface area contributed by atoms with Gasteiger partial charge in [0.25, 0.3) is 5.91 Å². The molecule has 3 aromatic rings. The van der Waals surface area contributed by atoms with Crippen LogP contribution in [0.25, 0.3) is 11.2 Å². The van der Waals surface area contributed by atoms with Crippen LogP contribution in [0, 0.1) is 0 Å². The summed E-state index contributed by atoms with van der Waals surface area (Å²) in [4.78, 5) is 23.9. The summed E-state index contributed by atoms with van der Waals surface area (Å²) in [6.07, 6.45) is 2.71. The molecule has 128 valence electrons. The van der Waals surface area contributed by atoms with E-state index >= 15 is 0 Å². The summed E-state index contributed by atoms with van der Waals surface area (Å²) in [7, 11) is 0. The average Bonchev–Trinajstić information content (AvgIpc) is 3.25. The summed E-state index contributed by atoms with van der Waals surface area (Å²) >= 11 is 6.01. The number of likely N-dealkylation sites (tertiary alicyclic amines) is 1. The molecule has 0 spiro atoms. The molecule has 1 fully saturated rings. The van der Waals surface area contributed by atoms with E-state index in [0.717, 1.165) is 36.5 Å². The van der Waals surface area contributed by atoms with Gasteiger partial charge in [0.05, 0.1) is 0 Å². The smallest absolute Gasteiger partial charge is 0.253 e. The molecule has 0 aliphatic carbocycles. The van der Waals surface area contributed by atoms with Crippen LogP contribution in [0.1, 0.15) is 35.4 Å². The number of carbonyl (C=O) groups is 1. The zero-order chi connectivity index (χ0) is 17.4. The second-order valence-electron chi connectivity index (χ2n) is 6.31. The summed E-state index contributed by atoms with van der Waals surface area (Å²) in [6, 6.07) is 11.0. The fourth-order valence-electron chi connectivity index (χ4n) is 3.56. The average molecular weight is 355 g/mol. The summed E-state index contributed by atoms with van der Waals surface area (Å²) in [5, 5.41) is 0.584. The first-order valence-electron chi connectivity index (χ1n) is 8.53. The molecule has 0 bridgehead atoms.